The Labute approximate surface area is 142 Å². The van der Waals surface area contributed by atoms with Gasteiger partial charge in [0.25, 0.3) is 0 Å². The second-order valence-electron chi connectivity index (χ2n) is 4.90. The number of fused-ring (bicyclic) bond motifs is 1. The monoisotopic (exact) mass is 344 g/mol. The molecule has 23 heavy (non-hydrogen) atoms. The molecule has 0 saturated heterocycles. The summed E-state index contributed by atoms with van der Waals surface area (Å²) in [5, 5.41) is 3.63. The first kappa shape index (κ1) is 16.0. The highest BCUT2D eigenvalue weighted by atomic mass is 32.2. The van der Waals surface area contributed by atoms with Gasteiger partial charge in [0.05, 0.1) is 11.9 Å². The Balaban J connectivity index is 1.75. The fourth-order valence-electron chi connectivity index (χ4n) is 2.20. The molecule has 0 radical (unpaired) electrons. The van der Waals surface area contributed by atoms with Crippen molar-refractivity contribution < 1.29 is 9.53 Å². The highest BCUT2D eigenvalue weighted by Gasteiger charge is 2.18. The van der Waals surface area contributed by atoms with Crippen molar-refractivity contribution in [2.24, 2.45) is 0 Å². The lowest BCUT2D eigenvalue weighted by atomic mass is 10.1. The van der Waals surface area contributed by atoms with Crippen LogP contribution in [0.25, 0.3) is 10.2 Å². The zero-order valence-corrected chi connectivity index (χ0v) is 14.5. The summed E-state index contributed by atoms with van der Waals surface area (Å²) in [6.45, 7) is 4.46. The number of ether oxygens (including phenoxy) is 1. The largest absolute Gasteiger partial charge is 0.494 e. The molecule has 0 N–H and O–H groups in total. The molecule has 0 saturated carbocycles. The topological polar surface area (TPSA) is 52.1 Å². The van der Waals surface area contributed by atoms with Crippen molar-refractivity contribution >= 4 is 39.1 Å². The van der Waals surface area contributed by atoms with Crippen molar-refractivity contribution in [1.29, 1.82) is 0 Å². The van der Waals surface area contributed by atoms with E-state index in [1.54, 1.807) is 17.7 Å². The van der Waals surface area contributed by atoms with Gasteiger partial charge < -0.3 is 4.74 Å². The second-order valence-corrected chi connectivity index (χ2v) is 7.12. The molecule has 0 aliphatic heterocycles. The Morgan fingerprint density at radius 2 is 2.04 bits per heavy atom. The van der Waals surface area contributed by atoms with Gasteiger partial charge in [-0.05, 0) is 49.6 Å². The average molecular weight is 344 g/mol. The number of Topliss-reactive ketones (excluding diaryl/α,β-unsaturated/α-hetero) is 1. The summed E-state index contributed by atoms with van der Waals surface area (Å²) in [7, 11) is 0. The molecule has 2 heterocycles. The number of benzene rings is 1. The van der Waals surface area contributed by atoms with Crippen molar-refractivity contribution in [3.05, 3.63) is 47.6 Å². The molecule has 3 aromatic rings. The van der Waals surface area contributed by atoms with E-state index in [-0.39, 0.29) is 11.0 Å². The van der Waals surface area contributed by atoms with E-state index >= 15 is 0 Å². The summed E-state index contributed by atoms with van der Waals surface area (Å²) in [6.07, 6.45) is 1.55. The number of carbonyl (C=O) groups excluding carboxylic acids is 1. The summed E-state index contributed by atoms with van der Waals surface area (Å²) in [5.74, 6) is 0.861. The summed E-state index contributed by atoms with van der Waals surface area (Å²) in [4.78, 5) is 22.1. The number of thioether (sulfide) groups is 1. The molecule has 0 aliphatic carbocycles. The molecule has 6 heteroatoms. The van der Waals surface area contributed by atoms with Crippen molar-refractivity contribution in [2.45, 2.75) is 24.1 Å². The van der Waals surface area contributed by atoms with Gasteiger partial charge >= 0.3 is 0 Å². The smallest absolute Gasteiger partial charge is 0.175 e. The highest BCUT2D eigenvalue weighted by Crippen LogP contribution is 2.31. The molecule has 0 amide bonds. The minimum Gasteiger partial charge on any atom is -0.494 e. The lowest BCUT2D eigenvalue weighted by Crippen LogP contribution is -2.13. The number of thiophene rings is 1. The third-order valence-electron chi connectivity index (χ3n) is 3.33. The molecule has 0 fully saturated rings. The highest BCUT2D eigenvalue weighted by molar-refractivity contribution is 8.00. The van der Waals surface area contributed by atoms with Crippen molar-refractivity contribution in [3.8, 4) is 5.75 Å². The third kappa shape index (κ3) is 3.54. The average Bonchev–Trinajstić information content (AvgIpc) is 3.05. The quantitative estimate of drug-likeness (QED) is 0.375. The maximum Gasteiger partial charge on any atom is 0.175 e. The lowest BCUT2D eigenvalue weighted by Gasteiger charge is -2.11. The molecule has 2 aromatic heterocycles. The van der Waals surface area contributed by atoms with Gasteiger partial charge in [-0.1, -0.05) is 11.8 Å². The van der Waals surface area contributed by atoms with Gasteiger partial charge in [-0.15, -0.1) is 11.3 Å². The summed E-state index contributed by atoms with van der Waals surface area (Å²) < 4.78 is 5.40. The fraction of sp³-hybridized carbons (Fsp3) is 0.235. The van der Waals surface area contributed by atoms with E-state index in [4.69, 9.17) is 4.74 Å². The van der Waals surface area contributed by atoms with E-state index in [0.717, 1.165) is 21.0 Å². The van der Waals surface area contributed by atoms with Crippen LogP contribution < -0.4 is 4.74 Å². The molecule has 4 nitrogen and oxygen atoms in total. The zero-order chi connectivity index (χ0) is 16.2. The molecule has 0 aliphatic rings. The maximum absolute atomic E-state index is 12.6. The SMILES string of the molecule is CCOc1ccc(C(=O)[C@H](C)Sc2ncnc3sccc23)cc1. The number of nitrogens with zero attached hydrogens (tertiary/aromatic N) is 2. The minimum absolute atomic E-state index is 0.0834. The van der Waals surface area contributed by atoms with Crippen LogP contribution in [0, 0.1) is 0 Å². The van der Waals surface area contributed by atoms with E-state index in [9.17, 15) is 4.79 Å². The predicted octanol–water partition coefficient (Wildman–Crippen LogP) is 4.45. The van der Waals surface area contributed by atoms with Crippen LogP contribution in [0.3, 0.4) is 0 Å². The predicted molar refractivity (Wildman–Crippen MR) is 94.7 cm³/mol. The summed E-state index contributed by atoms with van der Waals surface area (Å²) in [6, 6.07) is 9.28. The van der Waals surface area contributed by atoms with Gasteiger partial charge in [0.15, 0.2) is 5.78 Å². The van der Waals surface area contributed by atoms with Crippen LogP contribution in [0.2, 0.25) is 0 Å². The molecule has 1 aromatic carbocycles. The van der Waals surface area contributed by atoms with Gasteiger partial charge in [-0.2, -0.15) is 0 Å². The Morgan fingerprint density at radius 3 is 2.78 bits per heavy atom. The molecule has 0 spiro atoms. The number of aromatic nitrogens is 2. The second kappa shape index (κ2) is 7.10. The van der Waals surface area contributed by atoms with Crippen molar-refractivity contribution in [2.75, 3.05) is 6.61 Å². The molecular formula is C17H16N2O2S2. The molecule has 3 rings (SSSR count). The Kier molecular flexibility index (Phi) is 4.93. The van der Waals surface area contributed by atoms with E-state index in [2.05, 4.69) is 9.97 Å². The van der Waals surface area contributed by atoms with Crippen LogP contribution in [0.15, 0.2) is 47.1 Å². The Morgan fingerprint density at radius 1 is 1.26 bits per heavy atom. The summed E-state index contributed by atoms with van der Waals surface area (Å²) in [5.41, 5.74) is 0.684. The fourth-order valence-corrected chi connectivity index (χ4v) is 3.97. The maximum atomic E-state index is 12.6. The molecule has 0 unspecified atom stereocenters. The number of hydrogen-bond donors (Lipinski definition) is 0. The lowest BCUT2D eigenvalue weighted by molar-refractivity contribution is 0.0994. The van der Waals surface area contributed by atoms with E-state index in [1.165, 1.54) is 11.8 Å². The Bertz CT molecular complexity index is 815. The standard InChI is InChI=1S/C17H16N2O2S2/c1-3-21-13-6-4-12(5-7-13)15(20)11(2)23-17-14-8-9-22-16(14)18-10-19-17/h4-11H,3H2,1-2H3/t11-/m0/s1. The molecule has 1 atom stereocenters. The number of carbonyl (C=O) groups is 1. The van der Waals surface area contributed by atoms with Crippen LogP contribution >= 0.6 is 23.1 Å². The van der Waals surface area contributed by atoms with Crippen LogP contribution in [0.5, 0.6) is 5.75 Å². The first-order valence-electron chi connectivity index (χ1n) is 7.31. The Hall–Kier alpha value is -1.92. The van der Waals surface area contributed by atoms with Gasteiger partial charge in [-0.3, -0.25) is 4.79 Å². The first-order valence-corrected chi connectivity index (χ1v) is 9.07. The molecular weight excluding hydrogens is 328 g/mol. The van der Waals surface area contributed by atoms with Gasteiger partial charge in [0.1, 0.15) is 21.9 Å². The molecule has 118 valence electrons. The van der Waals surface area contributed by atoms with Crippen LogP contribution in [-0.2, 0) is 0 Å². The van der Waals surface area contributed by atoms with Gasteiger partial charge in [0.2, 0.25) is 0 Å². The van der Waals surface area contributed by atoms with E-state index in [0.29, 0.717) is 12.2 Å². The van der Waals surface area contributed by atoms with Gasteiger partial charge in [-0.25, -0.2) is 9.97 Å². The van der Waals surface area contributed by atoms with Crippen LogP contribution in [0.1, 0.15) is 24.2 Å². The first-order chi connectivity index (χ1) is 11.2. The minimum atomic E-state index is -0.217. The van der Waals surface area contributed by atoms with Crippen molar-refractivity contribution in [1.82, 2.24) is 9.97 Å². The van der Waals surface area contributed by atoms with E-state index < -0.39 is 0 Å². The van der Waals surface area contributed by atoms with E-state index in [1.807, 2.05) is 49.6 Å². The van der Waals surface area contributed by atoms with Gasteiger partial charge in [0, 0.05) is 10.9 Å². The molecule has 0 bridgehead atoms. The summed E-state index contributed by atoms with van der Waals surface area (Å²) >= 11 is 3.05. The number of hydrogen-bond acceptors (Lipinski definition) is 6. The number of rotatable bonds is 6. The zero-order valence-electron chi connectivity index (χ0n) is 12.9. The number of ketones is 1. The van der Waals surface area contributed by atoms with Crippen LogP contribution in [0.4, 0.5) is 0 Å². The third-order valence-corrected chi connectivity index (χ3v) is 5.27. The van der Waals surface area contributed by atoms with Crippen molar-refractivity contribution in [3.63, 3.8) is 0 Å². The normalized spacial score (nSPS) is 12.3. The van der Waals surface area contributed by atoms with Crippen LogP contribution in [-0.4, -0.2) is 27.6 Å².